The van der Waals surface area contributed by atoms with Gasteiger partial charge in [-0.05, 0) is 79.8 Å². The van der Waals surface area contributed by atoms with Crippen molar-refractivity contribution in [1.29, 1.82) is 0 Å². The average molecular weight is 566 g/mol. The lowest BCUT2D eigenvalue weighted by Crippen LogP contribution is -2.32. The summed E-state index contributed by atoms with van der Waals surface area (Å²) in [7, 11) is 1.11. The molecule has 0 saturated heterocycles. The molecule has 2 aliphatic rings. The number of ether oxygens (including phenoxy) is 1. The van der Waals surface area contributed by atoms with Crippen molar-refractivity contribution in [1.82, 2.24) is 9.88 Å². The van der Waals surface area contributed by atoms with Crippen molar-refractivity contribution >= 4 is 22.8 Å². The Labute approximate surface area is 227 Å². The van der Waals surface area contributed by atoms with Crippen LogP contribution in [0.5, 0.6) is 0 Å². The molecule has 2 aromatic carbocycles. The third kappa shape index (κ3) is 6.28. The molecule has 1 amide bonds. The number of halogens is 6. The lowest BCUT2D eigenvalue weighted by atomic mass is 10.0. The quantitative estimate of drug-likeness (QED) is 0.282. The largest absolute Gasteiger partial charge is 0.453 e. The number of rotatable bonds is 8. The number of carbonyl (C=O) groups excluding carboxylic acids is 1. The summed E-state index contributed by atoms with van der Waals surface area (Å²) >= 11 is 0. The number of aromatic nitrogens is 1. The van der Waals surface area contributed by atoms with Gasteiger partial charge in [-0.15, -0.1) is 0 Å². The van der Waals surface area contributed by atoms with Crippen molar-refractivity contribution < 1.29 is 35.9 Å². The SMILES string of the molecule is COC(=O)N(Cc1cc(C(F)(F)F)cc(C(F)(F)F)c1)Cc1cc2cccc(C)c2nc1NC(C1CC1)C1CC1. The number of hydrogen-bond acceptors (Lipinski definition) is 4. The zero-order valence-electron chi connectivity index (χ0n) is 22.0. The van der Waals surface area contributed by atoms with E-state index in [9.17, 15) is 31.1 Å². The summed E-state index contributed by atoms with van der Waals surface area (Å²) in [5.74, 6) is 1.61. The Hall–Kier alpha value is -3.50. The Morgan fingerprint density at radius 2 is 1.57 bits per heavy atom. The molecule has 2 fully saturated rings. The summed E-state index contributed by atoms with van der Waals surface area (Å²) in [6, 6.07) is 9.07. The summed E-state index contributed by atoms with van der Waals surface area (Å²) in [6.45, 7) is 1.27. The number of methoxy groups -OCH3 is 1. The normalized spacial score (nSPS) is 15.9. The predicted octanol–water partition coefficient (Wildman–Crippen LogP) is 7.95. The Morgan fingerprint density at radius 1 is 0.975 bits per heavy atom. The summed E-state index contributed by atoms with van der Waals surface area (Å²) in [6.07, 6.45) is -6.43. The molecule has 1 N–H and O–H groups in total. The minimum atomic E-state index is -5.00. The highest BCUT2D eigenvalue weighted by molar-refractivity contribution is 5.84. The van der Waals surface area contributed by atoms with E-state index in [4.69, 9.17) is 9.72 Å². The van der Waals surface area contributed by atoms with E-state index in [0.717, 1.165) is 54.2 Å². The number of nitrogens with zero attached hydrogens (tertiary/aromatic N) is 2. The molecule has 0 unspecified atom stereocenters. The third-order valence-electron chi connectivity index (χ3n) is 7.50. The molecule has 0 radical (unpaired) electrons. The number of pyridine rings is 1. The van der Waals surface area contributed by atoms with E-state index >= 15 is 0 Å². The first-order valence-corrected chi connectivity index (χ1v) is 13.1. The summed E-state index contributed by atoms with van der Waals surface area (Å²) in [5.41, 5.74) is -0.877. The topological polar surface area (TPSA) is 54.5 Å². The van der Waals surface area contributed by atoms with Crippen molar-refractivity contribution in [3.05, 3.63) is 70.3 Å². The Kier molecular flexibility index (Phi) is 7.35. The summed E-state index contributed by atoms with van der Waals surface area (Å²) < 4.78 is 85.6. The van der Waals surface area contributed by atoms with Gasteiger partial charge in [-0.2, -0.15) is 26.3 Å². The maximum absolute atomic E-state index is 13.5. The van der Waals surface area contributed by atoms with Gasteiger partial charge in [-0.25, -0.2) is 9.78 Å². The second-order valence-electron chi connectivity index (χ2n) is 10.7. The van der Waals surface area contributed by atoms with Gasteiger partial charge >= 0.3 is 18.4 Å². The zero-order chi connectivity index (χ0) is 28.8. The van der Waals surface area contributed by atoms with E-state index < -0.39 is 36.1 Å². The molecule has 3 aromatic rings. The van der Waals surface area contributed by atoms with Crippen molar-refractivity contribution in [3.8, 4) is 0 Å². The van der Waals surface area contributed by atoms with Gasteiger partial charge in [-0.3, -0.25) is 4.90 Å². The third-order valence-corrected chi connectivity index (χ3v) is 7.50. The van der Waals surface area contributed by atoms with E-state index in [1.807, 2.05) is 31.2 Å². The highest BCUT2D eigenvalue weighted by atomic mass is 19.4. The molecule has 2 aliphatic carbocycles. The summed E-state index contributed by atoms with van der Waals surface area (Å²) in [5, 5.41) is 4.39. The Balaban J connectivity index is 1.53. The van der Waals surface area contributed by atoms with Gasteiger partial charge in [0.05, 0.1) is 30.3 Å². The number of carbonyl (C=O) groups is 1. The van der Waals surface area contributed by atoms with Crippen LogP contribution in [0.3, 0.4) is 0 Å². The fraction of sp³-hybridized carbons (Fsp3) is 0.448. The first-order chi connectivity index (χ1) is 18.8. The number of hydrogen-bond donors (Lipinski definition) is 1. The van der Waals surface area contributed by atoms with E-state index in [1.54, 1.807) is 0 Å². The van der Waals surface area contributed by atoms with Gasteiger partial charge < -0.3 is 10.1 Å². The van der Waals surface area contributed by atoms with E-state index in [0.29, 0.717) is 35.3 Å². The van der Waals surface area contributed by atoms with Crippen LogP contribution in [0.4, 0.5) is 37.0 Å². The molecule has 0 bridgehead atoms. The molecule has 11 heteroatoms. The molecule has 5 nitrogen and oxygen atoms in total. The number of fused-ring (bicyclic) bond motifs is 1. The van der Waals surface area contributed by atoms with Gasteiger partial charge in [0.2, 0.25) is 0 Å². The maximum atomic E-state index is 13.5. The van der Waals surface area contributed by atoms with Gasteiger partial charge in [0.1, 0.15) is 5.82 Å². The van der Waals surface area contributed by atoms with Crippen molar-refractivity contribution in [2.75, 3.05) is 12.4 Å². The Bertz CT molecular complexity index is 1370. The number of anilines is 1. The zero-order valence-corrected chi connectivity index (χ0v) is 22.0. The van der Waals surface area contributed by atoms with E-state index in [1.165, 1.54) is 0 Å². The molecular weight excluding hydrogens is 536 g/mol. The van der Waals surface area contributed by atoms with Gasteiger partial charge in [0.15, 0.2) is 0 Å². The van der Waals surface area contributed by atoms with Crippen LogP contribution in [0, 0.1) is 18.8 Å². The average Bonchev–Trinajstić information content (AvgIpc) is 3.80. The van der Waals surface area contributed by atoms with Crippen LogP contribution in [0.15, 0.2) is 42.5 Å². The van der Waals surface area contributed by atoms with Crippen molar-refractivity contribution in [2.24, 2.45) is 11.8 Å². The molecule has 214 valence electrons. The first kappa shape index (κ1) is 28.0. The lowest BCUT2D eigenvalue weighted by molar-refractivity contribution is -0.143. The number of alkyl halides is 6. The Morgan fingerprint density at radius 3 is 2.10 bits per heavy atom. The smallest absolute Gasteiger partial charge is 0.416 e. The molecule has 2 saturated carbocycles. The summed E-state index contributed by atoms with van der Waals surface area (Å²) in [4.78, 5) is 18.8. The fourth-order valence-corrected chi connectivity index (χ4v) is 5.18. The highest BCUT2D eigenvalue weighted by Crippen LogP contribution is 2.46. The van der Waals surface area contributed by atoms with E-state index in [2.05, 4.69) is 5.32 Å². The maximum Gasteiger partial charge on any atom is 0.416 e. The van der Waals surface area contributed by atoms with Crippen LogP contribution in [-0.2, 0) is 30.2 Å². The molecule has 0 aliphatic heterocycles. The molecule has 40 heavy (non-hydrogen) atoms. The molecular formula is C29H29F6N3O2. The number of nitrogens with one attached hydrogen (secondary N) is 1. The number of para-hydroxylation sites is 1. The number of amides is 1. The molecule has 0 atom stereocenters. The monoisotopic (exact) mass is 565 g/mol. The molecule has 0 spiro atoms. The van der Waals surface area contributed by atoms with Crippen molar-refractivity contribution in [3.63, 3.8) is 0 Å². The standard InChI is InChI=1S/C29H29F6N3O2/c1-16-4-3-5-20-12-21(26(36-24(16)20)37-25(18-6-7-18)19-8-9-19)15-38(27(39)40-2)14-17-10-22(28(30,31)32)13-23(11-17)29(33,34)35/h3-5,10-13,18-19,25H,6-9,14-15H2,1-2H3,(H,36,37). The number of benzene rings is 2. The second-order valence-corrected chi connectivity index (χ2v) is 10.7. The molecule has 1 heterocycles. The highest BCUT2D eigenvalue weighted by Gasteiger charge is 2.42. The lowest BCUT2D eigenvalue weighted by Gasteiger charge is -2.26. The van der Waals surface area contributed by atoms with Crippen LogP contribution in [0.25, 0.3) is 10.9 Å². The van der Waals surface area contributed by atoms with Crippen LogP contribution < -0.4 is 5.32 Å². The van der Waals surface area contributed by atoms with Gasteiger partial charge in [0.25, 0.3) is 0 Å². The number of aryl methyl sites for hydroxylation is 1. The minimum absolute atomic E-state index is 0.0689. The van der Waals surface area contributed by atoms with Crippen LogP contribution in [0.1, 0.15) is 53.5 Å². The first-order valence-electron chi connectivity index (χ1n) is 13.1. The van der Waals surface area contributed by atoms with E-state index in [-0.39, 0.29) is 24.2 Å². The predicted molar refractivity (Wildman–Crippen MR) is 137 cm³/mol. The fourth-order valence-electron chi connectivity index (χ4n) is 5.18. The van der Waals surface area contributed by atoms with Gasteiger partial charge in [0, 0.05) is 23.5 Å². The minimum Gasteiger partial charge on any atom is -0.453 e. The molecule has 1 aromatic heterocycles. The van der Waals surface area contributed by atoms with Gasteiger partial charge in [-0.1, -0.05) is 18.2 Å². The van der Waals surface area contributed by atoms with Crippen LogP contribution >= 0.6 is 0 Å². The van der Waals surface area contributed by atoms with Crippen molar-refractivity contribution in [2.45, 2.75) is 64.1 Å². The second kappa shape index (κ2) is 10.5. The van der Waals surface area contributed by atoms with Crippen LogP contribution in [0.2, 0.25) is 0 Å². The van der Waals surface area contributed by atoms with Crippen LogP contribution in [-0.4, -0.2) is 29.1 Å². The molecule has 5 rings (SSSR count).